The minimum atomic E-state index is -0.617. The summed E-state index contributed by atoms with van der Waals surface area (Å²) in [5.74, 6) is -1.09. The van der Waals surface area contributed by atoms with E-state index < -0.39 is 17.9 Å². The second kappa shape index (κ2) is 8.81. The molecule has 4 nitrogen and oxygen atoms in total. The Kier molecular flexibility index (Phi) is 6.50. The summed E-state index contributed by atoms with van der Waals surface area (Å²) in [5, 5.41) is 0. The molecule has 0 aliphatic carbocycles. The zero-order valence-corrected chi connectivity index (χ0v) is 15.2. The van der Waals surface area contributed by atoms with E-state index in [1.165, 1.54) is 14.0 Å². The van der Waals surface area contributed by atoms with Gasteiger partial charge in [0.15, 0.2) is 11.9 Å². The summed E-state index contributed by atoms with van der Waals surface area (Å²) in [7, 11) is 1.35. The van der Waals surface area contributed by atoms with Crippen LogP contribution in [0.15, 0.2) is 84.1 Å². The highest BCUT2D eigenvalue weighted by Crippen LogP contribution is 2.27. The third kappa shape index (κ3) is 4.48. The van der Waals surface area contributed by atoms with Gasteiger partial charge in [0.1, 0.15) is 0 Å². The molecule has 0 aliphatic rings. The highest BCUT2D eigenvalue weighted by Gasteiger charge is 2.24. The fourth-order valence-electron chi connectivity index (χ4n) is 2.48. The number of carbonyl (C=O) groups is 2. The van der Waals surface area contributed by atoms with Crippen LogP contribution < -0.4 is 0 Å². The molecule has 0 aliphatic heterocycles. The number of carbonyl (C=O) groups excluding carboxylic acids is 2. The van der Waals surface area contributed by atoms with Gasteiger partial charge < -0.3 is 9.47 Å². The second-order valence-electron chi connectivity index (χ2n) is 5.87. The van der Waals surface area contributed by atoms with Crippen molar-refractivity contribution >= 4 is 11.8 Å². The number of ketones is 1. The summed E-state index contributed by atoms with van der Waals surface area (Å²) < 4.78 is 10.9. The maximum Gasteiger partial charge on any atom is 0.338 e. The van der Waals surface area contributed by atoms with Crippen LogP contribution in [-0.4, -0.2) is 18.9 Å². The van der Waals surface area contributed by atoms with Crippen LogP contribution in [0.25, 0.3) is 0 Å². The Morgan fingerprint density at radius 2 is 1.35 bits per heavy atom. The standard InChI is InChI=1S/C22H22O4/c1-15(2)19(23)20(25-4)16(3)22(24)26-21(17-11-7-5-8-12-17)18-13-9-6-10-14-18/h5-14,21H,1H2,2-4H3. The van der Waals surface area contributed by atoms with Crippen molar-refractivity contribution in [1.82, 2.24) is 0 Å². The Hall–Kier alpha value is -3.14. The zero-order chi connectivity index (χ0) is 19.1. The smallest absolute Gasteiger partial charge is 0.338 e. The number of allylic oxidation sites excluding steroid dienone is 1. The Morgan fingerprint density at radius 1 is 0.885 bits per heavy atom. The summed E-state index contributed by atoms with van der Waals surface area (Å²) in [6.45, 7) is 6.68. The van der Waals surface area contributed by atoms with Crippen LogP contribution in [0.4, 0.5) is 0 Å². The predicted octanol–water partition coefficient (Wildman–Crippen LogP) is 4.38. The maximum atomic E-state index is 12.7. The van der Waals surface area contributed by atoms with Crippen molar-refractivity contribution in [1.29, 1.82) is 0 Å². The number of Topliss-reactive ketones (excluding diaryl/α,β-unsaturated/α-hetero) is 1. The molecule has 0 atom stereocenters. The van der Waals surface area contributed by atoms with E-state index in [1.54, 1.807) is 6.92 Å². The number of methoxy groups -OCH3 is 1. The molecule has 4 heteroatoms. The molecule has 0 spiro atoms. The van der Waals surface area contributed by atoms with E-state index in [9.17, 15) is 9.59 Å². The van der Waals surface area contributed by atoms with Crippen molar-refractivity contribution in [3.63, 3.8) is 0 Å². The SMILES string of the molecule is C=C(C)C(=O)C(OC)=C(C)C(=O)OC(c1ccccc1)c1ccccc1. The molecule has 0 bridgehead atoms. The Morgan fingerprint density at radius 3 is 1.73 bits per heavy atom. The molecule has 2 aromatic rings. The lowest BCUT2D eigenvalue weighted by molar-refractivity contribution is -0.143. The lowest BCUT2D eigenvalue weighted by atomic mass is 10.0. The van der Waals surface area contributed by atoms with Crippen molar-refractivity contribution in [2.45, 2.75) is 20.0 Å². The largest absolute Gasteiger partial charge is 0.492 e. The van der Waals surface area contributed by atoms with Gasteiger partial charge in [-0.3, -0.25) is 4.79 Å². The fraction of sp³-hybridized carbons (Fsp3) is 0.182. The first-order valence-electron chi connectivity index (χ1n) is 8.21. The number of ether oxygens (including phenoxy) is 2. The van der Waals surface area contributed by atoms with E-state index in [4.69, 9.17) is 9.47 Å². The summed E-state index contributed by atoms with van der Waals surface area (Å²) in [5.41, 5.74) is 2.07. The van der Waals surface area contributed by atoms with Gasteiger partial charge in [-0.25, -0.2) is 4.79 Å². The second-order valence-corrected chi connectivity index (χ2v) is 5.87. The van der Waals surface area contributed by atoms with Crippen molar-refractivity contribution < 1.29 is 19.1 Å². The van der Waals surface area contributed by atoms with Crippen LogP contribution in [0.3, 0.4) is 0 Å². The van der Waals surface area contributed by atoms with E-state index in [-0.39, 0.29) is 16.9 Å². The average Bonchev–Trinajstić information content (AvgIpc) is 2.67. The third-order valence-electron chi connectivity index (χ3n) is 3.87. The molecule has 0 saturated carbocycles. The lowest BCUT2D eigenvalue weighted by Gasteiger charge is -2.20. The van der Waals surface area contributed by atoms with Crippen molar-refractivity contribution in [3.05, 3.63) is 95.3 Å². The summed E-state index contributed by atoms with van der Waals surface area (Å²) >= 11 is 0. The number of benzene rings is 2. The van der Waals surface area contributed by atoms with E-state index in [0.717, 1.165) is 11.1 Å². The van der Waals surface area contributed by atoms with Gasteiger partial charge in [-0.2, -0.15) is 0 Å². The van der Waals surface area contributed by atoms with Crippen LogP contribution in [0.5, 0.6) is 0 Å². The number of hydrogen-bond donors (Lipinski definition) is 0. The molecule has 26 heavy (non-hydrogen) atoms. The molecule has 2 rings (SSSR count). The van der Waals surface area contributed by atoms with E-state index >= 15 is 0 Å². The van der Waals surface area contributed by atoms with E-state index in [1.807, 2.05) is 60.7 Å². The highest BCUT2D eigenvalue weighted by atomic mass is 16.5. The molecule has 0 fully saturated rings. The summed E-state index contributed by atoms with van der Waals surface area (Å²) in [4.78, 5) is 24.8. The molecule has 134 valence electrons. The lowest BCUT2D eigenvalue weighted by Crippen LogP contribution is -2.18. The van der Waals surface area contributed by atoms with Crippen molar-refractivity contribution in [2.75, 3.05) is 7.11 Å². The minimum absolute atomic E-state index is 0.0534. The first-order valence-corrected chi connectivity index (χ1v) is 8.21. The first-order chi connectivity index (χ1) is 12.5. The topological polar surface area (TPSA) is 52.6 Å². The zero-order valence-electron chi connectivity index (χ0n) is 15.2. The van der Waals surface area contributed by atoms with Gasteiger partial charge in [-0.15, -0.1) is 0 Å². The summed E-state index contributed by atoms with van der Waals surface area (Å²) in [6, 6.07) is 18.9. The minimum Gasteiger partial charge on any atom is -0.492 e. The first kappa shape index (κ1) is 19.2. The van der Waals surface area contributed by atoms with Gasteiger partial charge in [-0.1, -0.05) is 67.2 Å². The van der Waals surface area contributed by atoms with Crippen LogP contribution in [-0.2, 0) is 19.1 Å². The molecule has 0 amide bonds. The van der Waals surface area contributed by atoms with Gasteiger partial charge >= 0.3 is 5.97 Å². The van der Waals surface area contributed by atoms with Crippen molar-refractivity contribution in [2.24, 2.45) is 0 Å². The Bertz CT molecular complexity index is 780. The van der Waals surface area contributed by atoms with Crippen molar-refractivity contribution in [3.8, 4) is 0 Å². The Labute approximate surface area is 153 Å². The van der Waals surface area contributed by atoms with Crippen LogP contribution in [0.2, 0.25) is 0 Å². The molecule has 0 N–H and O–H groups in total. The fourth-order valence-corrected chi connectivity index (χ4v) is 2.48. The molecule has 0 radical (unpaired) electrons. The van der Waals surface area contributed by atoms with Crippen LogP contribution >= 0.6 is 0 Å². The quantitative estimate of drug-likeness (QED) is 0.422. The maximum absolute atomic E-state index is 12.7. The number of hydrogen-bond acceptors (Lipinski definition) is 4. The normalized spacial score (nSPS) is 11.5. The van der Waals surface area contributed by atoms with Gasteiger partial charge in [0.05, 0.1) is 12.7 Å². The van der Waals surface area contributed by atoms with E-state index in [0.29, 0.717) is 0 Å². The molecular weight excluding hydrogens is 328 g/mol. The van der Waals surface area contributed by atoms with Gasteiger partial charge in [0, 0.05) is 0 Å². The Balaban J connectivity index is 2.38. The molecule has 0 heterocycles. The van der Waals surface area contributed by atoms with Gasteiger partial charge in [0.2, 0.25) is 5.78 Å². The molecule has 2 aromatic carbocycles. The molecule has 0 saturated heterocycles. The molecule has 0 aromatic heterocycles. The monoisotopic (exact) mass is 350 g/mol. The average molecular weight is 350 g/mol. The number of esters is 1. The van der Waals surface area contributed by atoms with Crippen LogP contribution in [0.1, 0.15) is 31.1 Å². The molecular formula is C22H22O4. The van der Waals surface area contributed by atoms with Gasteiger partial charge in [-0.05, 0) is 30.5 Å². The summed E-state index contributed by atoms with van der Waals surface area (Å²) in [6.07, 6.45) is -0.585. The van der Waals surface area contributed by atoms with Gasteiger partial charge in [0.25, 0.3) is 0 Å². The predicted molar refractivity (Wildman–Crippen MR) is 100 cm³/mol. The third-order valence-corrected chi connectivity index (χ3v) is 3.87. The molecule has 0 unspecified atom stereocenters. The highest BCUT2D eigenvalue weighted by molar-refractivity contribution is 6.10. The van der Waals surface area contributed by atoms with Crippen LogP contribution in [0, 0.1) is 0 Å². The van der Waals surface area contributed by atoms with E-state index in [2.05, 4.69) is 6.58 Å². The number of rotatable bonds is 7.